The molecule has 4 aromatic rings. The van der Waals surface area contributed by atoms with E-state index in [9.17, 15) is 10.1 Å². The first-order chi connectivity index (χ1) is 13.1. The van der Waals surface area contributed by atoms with E-state index in [4.69, 9.17) is 4.98 Å². The average Bonchev–Trinajstić information content (AvgIpc) is 2.99. The molecule has 6 nitrogen and oxygen atoms in total. The molecule has 2 heterocycles. The van der Waals surface area contributed by atoms with Gasteiger partial charge in [0.1, 0.15) is 0 Å². The first kappa shape index (κ1) is 17.4. The predicted molar refractivity (Wildman–Crippen MR) is 108 cm³/mol. The summed E-state index contributed by atoms with van der Waals surface area (Å²) in [6, 6.07) is 15.2. The fourth-order valence-electron chi connectivity index (χ4n) is 3.82. The van der Waals surface area contributed by atoms with Crippen LogP contribution in [0.4, 0.5) is 5.69 Å². The SMILES string of the molecule is CC[NH+](CC)CCn1c2ccccc2c2nc3ccc([N+](=O)[O-])cc3cc21. The van der Waals surface area contributed by atoms with Crippen LogP contribution in [-0.2, 0) is 6.54 Å². The van der Waals surface area contributed by atoms with E-state index in [0.717, 1.165) is 59.0 Å². The molecule has 138 valence electrons. The minimum absolute atomic E-state index is 0.0962. The number of para-hydroxylation sites is 1. The summed E-state index contributed by atoms with van der Waals surface area (Å²) in [6.45, 7) is 8.54. The quantitative estimate of drug-likeness (QED) is 0.423. The van der Waals surface area contributed by atoms with Gasteiger partial charge in [0, 0.05) is 22.9 Å². The lowest BCUT2D eigenvalue weighted by molar-refractivity contribution is -0.897. The normalized spacial score (nSPS) is 11.8. The van der Waals surface area contributed by atoms with Crippen molar-refractivity contribution < 1.29 is 9.82 Å². The van der Waals surface area contributed by atoms with Gasteiger partial charge in [0.15, 0.2) is 0 Å². The highest BCUT2D eigenvalue weighted by Gasteiger charge is 2.15. The van der Waals surface area contributed by atoms with E-state index in [2.05, 4.69) is 30.5 Å². The van der Waals surface area contributed by atoms with Crippen LogP contribution in [0.1, 0.15) is 13.8 Å². The number of benzene rings is 2. The molecule has 0 unspecified atom stereocenters. The van der Waals surface area contributed by atoms with Crippen LogP contribution in [0.25, 0.3) is 32.8 Å². The molecule has 0 aliphatic carbocycles. The molecule has 0 amide bonds. The van der Waals surface area contributed by atoms with Gasteiger partial charge in [-0.05, 0) is 32.0 Å². The molecule has 0 atom stereocenters. The average molecular weight is 363 g/mol. The summed E-state index contributed by atoms with van der Waals surface area (Å²) in [7, 11) is 0. The van der Waals surface area contributed by atoms with Crippen molar-refractivity contribution in [3.05, 3.63) is 58.6 Å². The van der Waals surface area contributed by atoms with Gasteiger partial charge in [0.25, 0.3) is 5.69 Å². The predicted octanol–water partition coefficient (Wildman–Crippen LogP) is 3.18. The molecular weight excluding hydrogens is 340 g/mol. The molecule has 0 saturated heterocycles. The van der Waals surface area contributed by atoms with E-state index < -0.39 is 0 Å². The zero-order valence-electron chi connectivity index (χ0n) is 15.6. The van der Waals surface area contributed by atoms with E-state index in [1.54, 1.807) is 17.0 Å². The molecule has 0 aliphatic rings. The fraction of sp³-hybridized carbons (Fsp3) is 0.286. The minimum Gasteiger partial charge on any atom is -0.334 e. The third-order valence-corrected chi connectivity index (χ3v) is 5.42. The number of rotatable bonds is 6. The van der Waals surface area contributed by atoms with Crippen molar-refractivity contribution in [1.29, 1.82) is 0 Å². The Bertz CT molecular complexity index is 1150. The first-order valence-corrected chi connectivity index (χ1v) is 9.42. The monoisotopic (exact) mass is 363 g/mol. The third kappa shape index (κ3) is 3.02. The smallest absolute Gasteiger partial charge is 0.270 e. The highest BCUT2D eigenvalue weighted by Crippen LogP contribution is 2.31. The number of pyridine rings is 1. The highest BCUT2D eigenvalue weighted by atomic mass is 16.6. The number of fused-ring (bicyclic) bond motifs is 4. The first-order valence-electron chi connectivity index (χ1n) is 9.42. The van der Waals surface area contributed by atoms with Crippen LogP contribution in [-0.4, -0.2) is 34.1 Å². The molecular formula is C21H23N4O2+. The van der Waals surface area contributed by atoms with Gasteiger partial charge in [0.05, 0.1) is 53.2 Å². The van der Waals surface area contributed by atoms with E-state index in [-0.39, 0.29) is 10.6 Å². The van der Waals surface area contributed by atoms with Crippen LogP contribution in [0.2, 0.25) is 0 Å². The molecule has 4 rings (SSSR count). The maximum Gasteiger partial charge on any atom is 0.270 e. The molecule has 0 fully saturated rings. The number of hydrogen-bond donors (Lipinski definition) is 1. The Morgan fingerprint density at radius 2 is 1.85 bits per heavy atom. The van der Waals surface area contributed by atoms with Crippen LogP contribution in [0.15, 0.2) is 48.5 Å². The van der Waals surface area contributed by atoms with Crippen molar-refractivity contribution >= 4 is 38.5 Å². The summed E-state index contributed by atoms with van der Waals surface area (Å²) in [5.74, 6) is 0. The highest BCUT2D eigenvalue weighted by molar-refractivity contribution is 6.09. The Morgan fingerprint density at radius 1 is 1.07 bits per heavy atom. The van der Waals surface area contributed by atoms with Crippen LogP contribution in [0, 0.1) is 10.1 Å². The van der Waals surface area contributed by atoms with Gasteiger partial charge in [0.2, 0.25) is 0 Å². The lowest BCUT2D eigenvalue weighted by Crippen LogP contribution is -3.11. The molecule has 1 N–H and O–H groups in total. The maximum absolute atomic E-state index is 11.1. The summed E-state index contributed by atoms with van der Waals surface area (Å²) >= 11 is 0. The largest absolute Gasteiger partial charge is 0.334 e. The summed E-state index contributed by atoms with van der Waals surface area (Å²) < 4.78 is 2.31. The number of nitrogens with one attached hydrogen (secondary N) is 1. The molecule has 0 bridgehead atoms. The van der Waals surface area contributed by atoms with Crippen molar-refractivity contribution in [3.8, 4) is 0 Å². The van der Waals surface area contributed by atoms with E-state index in [0.29, 0.717) is 0 Å². The number of hydrogen-bond acceptors (Lipinski definition) is 3. The van der Waals surface area contributed by atoms with Crippen LogP contribution < -0.4 is 4.90 Å². The van der Waals surface area contributed by atoms with Gasteiger partial charge < -0.3 is 9.47 Å². The summed E-state index contributed by atoms with van der Waals surface area (Å²) in [6.07, 6.45) is 0. The van der Waals surface area contributed by atoms with E-state index >= 15 is 0 Å². The molecule has 0 radical (unpaired) electrons. The number of aromatic nitrogens is 2. The molecule has 0 aliphatic heterocycles. The Balaban J connectivity index is 1.93. The van der Waals surface area contributed by atoms with Gasteiger partial charge in [-0.1, -0.05) is 18.2 Å². The Kier molecular flexibility index (Phi) is 4.49. The summed E-state index contributed by atoms with van der Waals surface area (Å²) in [5.41, 5.74) is 4.04. The lowest BCUT2D eigenvalue weighted by atomic mass is 10.1. The molecule has 2 aromatic heterocycles. The van der Waals surface area contributed by atoms with E-state index in [1.807, 2.05) is 18.2 Å². The van der Waals surface area contributed by atoms with Gasteiger partial charge in [-0.2, -0.15) is 0 Å². The number of nitrogens with zero attached hydrogens (tertiary/aromatic N) is 3. The maximum atomic E-state index is 11.1. The Hall–Kier alpha value is -2.99. The number of quaternary nitrogens is 1. The van der Waals surface area contributed by atoms with E-state index in [1.165, 1.54) is 6.07 Å². The van der Waals surface area contributed by atoms with Gasteiger partial charge in [-0.15, -0.1) is 0 Å². The zero-order chi connectivity index (χ0) is 19.0. The number of nitro groups is 1. The summed E-state index contributed by atoms with van der Waals surface area (Å²) in [5, 5.41) is 13.1. The zero-order valence-corrected chi connectivity index (χ0v) is 15.6. The number of likely N-dealkylation sites (N-methyl/N-ethyl adjacent to an activating group) is 1. The second-order valence-corrected chi connectivity index (χ2v) is 6.87. The number of nitro benzene ring substituents is 1. The number of non-ortho nitro benzene ring substituents is 1. The molecule has 2 aromatic carbocycles. The fourth-order valence-corrected chi connectivity index (χ4v) is 3.82. The van der Waals surface area contributed by atoms with Crippen LogP contribution in [0.5, 0.6) is 0 Å². The van der Waals surface area contributed by atoms with Gasteiger partial charge in [-0.25, -0.2) is 4.98 Å². The Labute approximate surface area is 157 Å². The van der Waals surface area contributed by atoms with Gasteiger partial charge in [-0.3, -0.25) is 10.1 Å². The van der Waals surface area contributed by atoms with Crippen molar-refractivity contribution in [2.24, 2.45) is 0 Å². The third-order valence-electron chi connectivity index (χ3n) is 5.42. The second kappa shape index (κ2) is 6.96. The molecule has 6 heteroatoms. The Morgan fingerprint density at radius 3 is 2.59 bits per heavy atom. The van der Waals surface area contributed by atoms with Crippen LogP contribution in [0.3, 0.4) is 0 Å². The topological polar surface area (TPSA) is 65.4 Å². The summed E-state index contributed by atoms with van der Waals surface area (Å²) in [4.78, 5) is 17.2. The molecule has 0 saturated carbocycles. The standard InChI is InChI=1S/C21H22N4O2/c1-3-23(4-2)11-12-24-19-8-6-5-7-17(19)21-20(24)14-15-13-16(25(26)27)9-10-18(15)22-21/h5-10,13-14H,3-4,11-12H2,1-2H3/p+1. The van der Waals surface area contributed by atoms with Crippen molar-refractivity contribution in [3.63, 3.8) is 0 Å². The molecule has 27 heavy (non-hydrogen) atoms. The molecule has 0 spiro atoms. The minimum atomic E-state index is -0.358. The van der Waals surface area contributed by atoms with Crippen molar-refractivity contribution in [1.82, 2.24) is 9.55 Å². The van der Waals surface area contributed by atoms with Crippen molar-refractivity contribution in [2.45, 2.75) is 20.4 Å². The van der Waals surface area contributed by atoms with Crippen molar-refractivity contribution in [2.75, 3.05) is 19.6 Å². The lowest BCUT2D eigenvalue weighted by Gasteiger charge is -2.16. The second-order valence-electron chi connectivity index (χ2n) is 6.87. The van der Waals surface area contributed by atoms with Crippen LogP contribution >= 0.6 is 0 Å². The van der Waals surface area contributed by atoms with Gasteiger partial charge >= 0.3 is 0 Å².